The van der Waals surface area contributed by atoms with Crippen molar-refractivity contribution < 1.29 is 14.4 Å². The molecule has 0 radical (unpaired) electrons. The van der Waals surface area contributed by atoms with E-state index in [-0.39, 0.29) is 23.2 Å². The van der Waals surface area contributed by atoms with Crippen LogP contribution in [0.5, 0.6) is 0 Å². The van der Waals surface area contributed by atoms with Crippen LogP contribution < -0.4 is 5.32 Å². The summed E-state index contributed by atoms with van der Waals surface area (Å²) < 4.78 is 0. The molecule has 3 aliphatic rings. The summed E-state index contributed by atoms with van der Waals surface area (Å²) >= 11 is 6.08. The van der Waals surface area contributed by atoms with Crippen LogP contribution in [0.4, 0.5) is 5.69 Å². The van der Waals surface area contributed by atoms with Gasteiger partial charge < -0.3 is 10.2 Å². The Bertz CT molecular complexity index is 779. The molecule has 0 saturated carbocycles. The van der Waals surface area contributed by atoms with E-state index in [1.807, 2.05) is 0 Å². The molecular formula is C15H9ClN2O3. The monoisotopic (exact) mass is 300 g/mol. The molecule has 21 heavy (non-hydrogen) atoms. The fraction of sp³-hybridized carbons (Fsp3) is 0.133. The van der Waals surface area contributed by atoms with Crippen LogP contribution in [0.15, 0.2) is 46.8 Å². The number of fused-ring (bicyclic) bond motifs is 2. The van der Waals surface area contributed by atoms with Crippen LogP contribution in [0.2, 0.25) is 5.02 Å². The van der Waals surface area contributed by atoms with Crippen molar-refractivity contribution in [3.63, 3.8) is 0 Å². The fourth-order valence-electron chi connectivity index (χ4n) is 2.77. The predicted octanol–water partition coefficient (Wildman–Crippen LogP) is 2.34. The Balaban J connectivity index is 1.87. The molecule has 0 saturated heterocycles. The number of halogens is 1. The minimum atomic E-state index is -0.554. The van der Waals surface area contributed by atoms with Gasteiger partial charge in [0.1, 0.15) is 0 Å². The molecule has 0 aromatic heterocycles. The summed E-state index contributed by atoms with van der Waals surface area (Å²) in [5.74, 6) is -0.663. The van der Waals surface area contributed by atoms with Crippen molar-refractivity contribution in [3.8, 4) is 0 Å². The van der Waals surface area contributed by atoms with Crippen LogP contribution >= 0.6 is 11.6 Å². The van der Waals surface area contributed by atoms with Gasteiger partial charge in [-0.2, -0.15) is 0 Å². The normalized spacial score (nSPS) is 29.2. The number of carbonyl (C=O) groups excluding carboxylic acids is 2. The summed E-state index contributed by atoms with van der Waals surface area (Å²) in [5.41, 5.74) is 1.53. The number of oxime groups is 1. The van der Waals surface area contributed by atoms with Gasteiger partial charge in [-0.3, -0.25) is 9.59 Å². The number of nitrogens with zero attached hydrogens (tertiary/aromatic N) is 1. The molecule has 4 rings (SSSR count). The van der Waals surface area contributed by atoms with Crippen LogP contribution in [0, 0.1) is 5.92 Å². The van der Waals surface area contributed by atoms with E-state index in [1.54, 1.807) is 30.5 Å². The third-order valence-corrected chi connectivity index (χ3v) is 4.09. The lowest BCUT2D eigenvalue weighted by atomic mass is 9.86. The highest BCUT2D eigenvalue weighted by Gasteiger charge is 2.41. The molecule has 0 spiro atoms. The highest BCUT2D eigenvalue weighted by Crippen LogP contribution is 2.38. The Morgan fingerprint density at radius 3 is 2.95 bits per heavy atom. The third kappa shape index (κ3) is 1.67. The molecule has 2 atom stereocenters. The Kier molecular flexibility index (Phi) is 2.53. The number of Topliss-reactive ketones (excluding diaryl/α,β-unsaturated/α-hetero) is 1. The van der Waals surface area contributed by atoms with Gasteiger partial charge in [0.15, 0.2) is 11.9 Å². The molecular weight excluding hydrogens is 292 g/mol. The molecule has 0 fully saturated rings. The minimum Gasteiger partial charge on any atom is -0.387 e. The second-order valence-electron chi connectivity index (χ2n) is 4.99. The first kappa shape index (κ1) is 12.3. The first-order valence-electron chi connectivity index (χ1n) is 6.43. The van der Waals surface area contributed by atoms with Crippen LogP contribution in [-0.4, -0.2) is 23.9 Å². The number of anilines is 1. The van der Waals surface area contributed by atoms with E-state index < -0.39 is 6.10 Å². The number of rotatable bonds is 0. The predicted molar refractivity (Wildman–Crippen MR) is 77.4 cm³/mol. The number of carbonyl (C=O) groups is 2. The van der Waals surface area contributed by atoms with Gasteiger partial charge in [-0.25, -0.2) is 0 Å². The van der Waals surface area contributed by atoms with E-state index in [9.17, 15) is 9.59 Å². The average Bonchev–Trinajstić information content (AvgIpc) is 3.05. The molecule has 5 nitrogen and oxygen atoms in total. The molecule has 104 valence electrons. The summed E-state index contributed by atoms with van der Waals surface area (Å²) in [5, 5.41) is 7.10. The quantitative estimate of drug-likeness (QED) is 0.747. The second kappa shape index (κ2) is 4.30. The van der Waals surface area contributed by atoms with Gasteiger partial charge in [-0.1, -0.05) is 28.9 Å². The SMILES string of the molecule is O=C1C=CC2C=NOC2/C1=C1/Nc2cccc(Cl)c2C1=O. The first-order chi connectivity index (χ1) is 10.2. The van der Waals surface area contributed by atoms with E-state index in [0.29, 0.717) is 21.8 Å². The van der Waals surface area contributed by atoms with Crippen molar-refractivity contribution in [1.29, 1.82) is 0 Å². The largest absolute Gasteiger partial charge is 0.387 e. The Morgan fingerprint density at radius 1 is 1.29 bits per heavy atom. The van der Waals surface area contributed by atoms with Gasteiger partial charge in [0.05, 0.1) is 39.7 Å². The summed E-state index contributed by atoms with van der Waals surface area (Å²) in [7, 11) is 0. The highest BCUT2D eigenvalue weighted by atomic mass is 35.5. The van der Waals surface area contributed by atoms with Gasteiger partial charge >= 0.3 is 0 Å². The van der Waals surface area contributed by atoms with E-state index >= 15 is 0 Å². The number of allylic oxidation sites excluding steroid dienone is 2. The molecule has 1 aliphatic carbocycles. The fourth-order valence-corrected chi connectivity index (χ4v) is 3.03. The molecule has 6 heteroatoms. The lowest BCUT2D eigenvalue weighted by Crippen LogP contribution is -2.31. The zero-order chi connectivity index (χ0) is 14.6. The summed E-state index contributed by atoms with van der Waals surface area (Å²) in [6, 6.07) is 5.14. The first-order valence-corrected chi connectivity index (χ1v) is 6.81. The zero-order valence-electron chi connectivity index (χ0n) is 10.7. The van der Waals surface area contributed by atoms with Crippen LogP contribution in [0.3, 0.4) is 0 Å². The van der Waals surface area contributed by atoms with E-state index in [4.69, 9.17) is 16.4 Å². The van der Waals surface area contributed by atoms with Crippen molar-refractivity contribution in [2.24, 2.45) is 11.1 Å². The molecule has 1 aromatic rings. The maximum Gasteiger partial charge on any atom is 0.213 e. The molecule has 2 aliphatic heterocycles. The Hall–Kier alpha value is -2.40. The van der Waals surface area contributed by atoms with E-state index in [2.05, 4.69) is 10.5 Å². The molecule has 0 amide bonds. The van der Waals surface area contributed by atoms with Gasteiger partial charge in [0, 0.05) is 0 Å². The maximum atomic E-state index is 12.6. The number of benzene rings is 1. The number of hydrogen-bond acceptors (Lipinski definition) is 5. The van der Waals surface area contributed by atoms with Crippen molar-refractivity contribution in [3.05, 3.63) is 52.2 Å². The van der Waals surface area contributed by atoms with Crippen molar-refractivity contribution in [1.82, 2.24) is 0 Å². The second-order valence-corrected chi connectivity index (χ2v) is 5.39. The standard InChI is InChI=1S/C15H9ClN2O3/c16-8-2-1-3-9-11(8)14(20)13(18-9)12-10(19)5-4-7-6-17-21-15(7)12/h1-7,15,18H/b13-12+. The lowest BCUT2D eigenvalue weighted by Gasteiger charge is -2.21. The maximum absolute atomic E-state index is 12.6. The average molecular weight is 301 g/mol. The molecule has 0 bridgehead atoms. The molecule has 1 N–H and O–H groups in total. The summed E-state index contributed by atoms with van der Waals surface area (Å²) in [4.78, 5) is 30.0. The Labute approximate surface area is 124 Å². The topological polar surface area (TPSA) is 67.8 Å². The number of ketones is 2. The summed E-state index contributed by atoms with van der Waals surface area (Å²) in [6.45, 7) is 0. The molecule has 2 heterocycles. The molecule has 1 aromatic carbocycles. The number of nitrogens with one attached hydrogen (secondary N) is 1. The van der Waals surface area contributed by atoms with Crippen molar-refractivity contribution in [2.75, 3.05) is 5.32 Å². The van der Waals surface area contributed by atoms with Crippen LogP contribution in [-0.2, 0) is 9.63 Å². The summed E-state index contributed by atoms with van der Waals surface area (Å²) in [6.07, 6.45) is 4.24. The number of hydrogen-bond donors (Lipinski definition) is 1. The minimum absolute atomic E-state index is 0.126. The zero-order valence-corrected chi connectivity index (χ0v) is 11.4. The van der Waals surface area contributed by atoms with Gasteiger partial charge in [0.2, 0.25) is 5.78 Å². The van der Waals surface area contributed by atoms with Crippen LogP contribution in [0.1, 0.15) is 10.4 Å². The van der Waals surface area contributed by atoms with E-state index in [1.165, 1.54) is 6.08 Å². The van der Waals surface area contributed by atoms with Crippen LogP contribution in [0.25, 0.3) is 0 Å². The lowest BCUT2D eigenvalue weighted by molar-refractivity contribution is -0.113. The molecule has 2 unspecified atom stereocenters. The Morgan fingerprint density at radius 2 is 2.14 bits per heavy atom. The van der Waals surface area contributed by atoms with Gasteiger partial charge in [-0.05, 0) is 18.2 Å². The van der Waals surface area contributed by atoms with Crippen molar-refractivity contribution in [2.45, 2.75) is 6.10 Å². The smallest absolute Gasteiger partial charge is 0.213 e. The van der Waals surface area contributed by atoms with E-state index in [0.717, 1.165) is 0 Å². The van der Waals surface area contributed by atoms with Gasteiger partial charge in [-0.15, -0.1) is 0 Å². The third-order valence-electron chi connectivity index (χ3n) is 3.77. The van der Waals surface area contributed by atoms with Gasteiger partial charge in [0.25, 0.3) is 0 Å². The highest BCUT2D eigenvalue weighted by molar-refractivity contribution is 6.38. The van der Waals surface area contributed by atoms with Crippen molar-refractivity contribution >= 4 is 35.1 Å².